The first-order valence-corrected chi connectivity index (χ1v) is 6.91. The average molecular weight is 265 g/mol. The van der Waals surface area contributed by atoms with Crippen LogP contribution in [0.4, 0.5) is 0 Å². The summed E-state index contributed by atoms with van der Waals surface area (Å²) in [6, 6.07) is 6.42. The van der Waals surface area contributed by atoms with Crippen molar-refractivity contribution in [2.45, 2.75) is 4.90 Å². The largest absolute Gasteiger partial charge is 0.270 e. The van der Waals surface area contributed by atoms with Crippen LogP contribution in [0, 0.1) is 11.5 Å². The smallest absolute Gasteiger partial charge is 0.245 e. The van der Waals surface area contributed by atoms with Gasteiger partial charge < -0.3 is 0 Å². The highest BCUT2D eigenvalue weighted by Gasteiger charge is 2.19. The van der Waals surface area contributed by atoms with Crippen LogP contribution in [-0.4, -0.2) is 13.4 Å². The van der Waals surface area contributed by atoms with Crippen LogP contribution in [0.3, 0.4) is 0 Å². The zero-order chi connectivity index (χ0) is 12.3. The Morgan fingerprint density at radius 2 is 2.12 bits per heavy atom. The van der Waals surface area contributed by atoms with E-state index in [1.165, 1.54) is 23.6 Å². The van der Waals surface area contributed by atoms with E-state index in [-0.39, 0.29) is 4.90 Å². The number of nitrogens with one attached hydrogen (secondary N) is 1. The predicted molar refractivity (Wildman–Crippen MR) is 63.5 cm³/mol. The Kier molecular flexibility index (Phi) is 3.08. The van der Waals surface area contributed by atoms with Gasteiger partial charge in [-0.3, -0.25) is 0 Å². The molecule has 1 aromatic heterocycles. The third kappa shape index (κ3) is 2.27. The second kappa shape index (κ2) is 4.53. The van der Waals surface area contributed by atoms with Crippen molar-refractivity contribution in [1.29, 1.82) is 5.26 Å². The molecule has 0 bridgehead atoms. The van der Waals surface area contributed by atoms with E-state index in [1.54, 1.807) is 34.5 Å². The summed E-state index contributed by atoms with van der Waals surface area (Å²) in [6.45, 7) is 0. The van der Waals surface area contributed by atoms with Gasteiger partial charge in [0.25, 0.3) is 10.0 Å². The molecule has 1 heterocycles. The van der Waals surface area contributed by atoms with E-state index in [1.807, 2.05) is 0 Å². The number of nitriles is 1. The van der Waals surface area contributed by atoms with Gasteiger partial charge in [-0.25, -0.2) is 18.1 Å². The molecule has 0 radical (unpaired) electrons. The quantitative estimate of drug-likeness (QED) is 0.674. The monoisotopic (exact) mass is 265 g/mol. The Bertz CT molecular complexity index is 657. The maximum Gasteiger partial charge on any atom is 0.270 e. The molecule has 0 spiro atoms. The zero-order valence-corrected chi connectivity index (χ0v) is 10.1. The summed E-state index contributed by atoms with van der Waals surface area (Å²) in [7, 11) is -3.81. The zero-order valence-electron chi connectivity index (χ0n) is 8.49. The van der Waals surface area contributed by atoms with E-state index in [4.69, 9.17) is 5.26 Å². The molecule has 2 rings (SSSR count). The summed E-state index contributed by atoms with van der Waals surface area (Å²) in [5.74, 6) is 0. The van der Waals surface area contributed by atoms with Crippen LogP contribution in [0.1, 0.15) is 0 Å². The summed E-state index contributed by atoms with van der Waals surface area (Å²) < 4.78 is 25.4. The second-order valence-corrected chi connectivity index (χ2v) is 5.60. The van der Waals surface area contributed by atoms with Crippen LogP contribution in [0.15, 0.2) is 40.7 Å². The van der Waals surface area contributed by atoms with E-state index in [2.05, 4.69) is 4.98 Å². The molecular weight excluding hydrogens is 258 g/mol. The van der Waals surface area contributed by atoms with Crippen LogP contribution in [0.25, 0.3) is 10.6 Å². The van der Waals surface area contributed by atoms with Gasteiger partial charge in [0.2, 0.25) is 0 Å². The average Bonchev–Trinajstić information content (AvgIpc) is 2.82. The van der Waals surface area contributed by atoms with Crippen LogP contribution < -0.4 is 4.72 Å². The Balaban J connectivity index is 2.61. The maximum absolute atomic E-state index is 11.8. The van der Waals surface area contributed by atoms with Gasteiger partial charge in [0.1, 0.15) is 5.01 Å². The van der Waals surface area contributed by atoms with Crippen molar-refractivity contribution in [3.63, 3.8) is 0 Å². The lowest BCUT2D eigenvalue weighted by molar-refractivity contribution is 0.591. The lowest BCUT2D eigenvalue weighted by Gasteiger charge is -2.06. The second-order valence-electron chi connectivity index (χ2n) is 3.05. The SMILES string of the molecule is N#CNS(=O)(=O)c1ccccc1-c1nccs1. The normalized spacial score (nSPS) is 10.8. The van der Waals surface area contributed by atoms with E-state index in [0.717, 1.165) is 0 Å². The van der Waals surface area contributed by atoms with Gasteiger partial charge in [0.05, 0.1) is 4.90 Å². The fourth-order valence-electron chi connectivity index (χ4n) is 1.35. The summed E-state index contributed by atoms with van der Waals surface area (Å²) in [4.78, 5) is 4.12. The molecule has 0 aliphatic rings. The molecule has 0 amide bonds. The van der Waals surface area contributed by atoms with Crippen LogP contribution in [0.5, 0.6) is 0 Å². The van der Waals surface area contributed by atoms with Gasteiger partial charge in [-0.05, 0) is 6.07 Å². The van der Waals surface area contributed by atoms with Crippen LogP contribution in [-0.2, 0) is 10.0 Å². The minimum atomic E-state index is -3.81. The van der Waals surface area contributed by atoms with Gasteiger partial charge in [0.15, 0.2) is 6.19 Å². The van der Waals surface area contributed by atoms with Gasteiger partial charge in [-0.2, -0.15) is 5.26 Å². The number of rotatable bonds is 3. The number of sulfonamides is 1. The number of benzene rings is 1. The van der Waals surface area contributed by atoms with Crippen molar-refractivity contribution >= 4 is 21.4 Å². The number of hydrogen-bond donors (Lipinski definition) is 1. The Morgan fingerprint density at radius 3 is 2.76 bits per heavy atom. The summed E-state index contributed by atoms with van der Waals surface area (Å²) in [5.41, 5.74) is 0.491. The molecule has 0 saturated heterocycles. The highest BCUT2D eigenvalue weighted by atomic mass is 32.2. The third-order valence-corrected chi connectivity index (χ3v) is 4.12. The topological polar surface area (TPSA) is 82.9 Å². The van der Waals surface area contributed by atoms with Crippen molar-refractivity contribution in [2.75, 3.05) is 0 Å². The van der Waals surface area contributed by atoms with Crippen molar-refractivity contribution in [1.82, 2.24) is 9.71 Å². The minimum absolute atomic E-state index is 0.0523. The summed E-state index contributed by atoms with van der Waals surface area (Å²) in [5, 5.41) is 10.8. The molecule has 0 aliphatic carbocycles. The van der Waals surface area contributed by atoms with E-state index >= 15 is 0 Å². The Labute approximate surface area is 102 Å². The molecule has 0 unspecified atom stereocenters. The number of hydrogen-bond acceptors (Lipinski definition) is 5. The molecule has 1 N–H and O–H groups in total. The molecule has 7 heteroatoms. The fourth-order valence-corrected chi connectivity index (χ4v) is 3.03. The first-order valence-electron chi connectivity index (χ1n) is 4.55. The number of nitrogens with zero attached hydrogens (tertiary/aromatic N) is 2. The lowest BCUT2D eigenvalue weighted by Crippen LogP contribution is -2.18. The van der Waals surface area contributed by atoms with Gasteiger partial charge in [0, 0.05) is 17.1 Å². The third-order valence-electron chi connectivity index (χ3n) is 2.02. The molecule has 0 aliphatic heterocycles. The first-order chi connectivity index (χ1) is 8.15. The van der Waals surface area contributed by atoms with E-state index in [9.17, 15) is 8.42 Å². The first kappa shape index (κ1) is 11.6. The summed E-state index contributed by atoms with van der Waals surface area (Å²) in [6.07, 6.45) is 3.02. The standard InChI is InChI=1S/C10H7N3O2S2/c11-7-13-17(14,15)9-4-2-1-3-8(9)10-12-5-6-16-10/h1-6,13H. The number of thiazole rings is 1. The molecular formula is C10H7N3O2S2. The molecule has 2 aromatic rings. The van der Waals surface area contributed by atoms with Crippen molar-refractivity contribution in [3.8, 4) is 16.8 Å². The predicted octanol–water partition coefficient (Wildman–Crippen LogP) is 1.57. The van der Waals surface area contributed by atoms with Gasteiger partial charge in [-0.15, -0.1) is 11.3 Å². The summed E-state index contributed by atoms with van der Waals surface area (Å²) >= 11 is 1.34. The molecule has 0 saturated carbocycles. The minimum Gasteiger partial charge on any atom is -0.245 e. The Morgan fingerprint density at radius 1 is 1.35 bits per heavy atom. The lowest BCUT2D eigenvalue weighted by atomic mass is 10.2. The highest BCUT2D eigenvalue weighted by Crippen LogP contribution is 2.28. The fraction of sp³-hybridized carbons (Fsp3) is 0. The van der Waals surface area contributed by atoms with Crippen molar-refractivity contribution in [3.05, 3.63) is 35.8 Å². The van der Waals surface area contributed by atoms with E-state index < -0.39 is 10.0 Å². The number of aromatic nitrogens is 1. The molecule has 86 valence electrons. The van der Waals surface area contributed by atoms with Gasteiger partial charge in [-0.1, -0.05) is 18.2 Å². The van der Waals surface area contributed by atoms with Gasteiger partial charge >= 0.3 is 0 Å². The van der Waals surface area contributed by atoms with Crippen LogP contribution in [0.2, 0.25) is 0 Å². The van der Waals surface area contributed by atoms with Crippen molar-refractivity contribution in [2.24, 2.45) is 0 Å². The van der Waals surface area contributed by atoms with Crippen molar-refractivity contribution < 1.29 is 8.42 Å². The molecule has 1 aromatic carbocycles. The molecule has 17 heavy (non-hydrogen) atoms. The molecule has 5 nitrogen and oxygen atoms in total. The molecule has 0 atom stereocenters. The Hall–Kier alpha value is -1.91. The molecule has 0 fully saturated rings. The van der Waals surface area contributed by atoms with E-state index in [0.29, 0.717) is 10.6 Å². The highest BCUT2D eigenvalue weighted by molar-refractivity contribution is 7.89. The maximum atomic E-state index is 11.8. The van der Waals surface area contributed by atoms with Crippen LogP contribution >= 0.6 is 11.3 Å².